The minimum Gasteiger partial charge on any atom is -0.484 e. The molecule has 1 rings (SSSR count). The van der Waals surface area contributed by atoms with Crippen LogP contribution < -0.4 is 4.74 Å². The van der Waals surface area contributed by atoms with E-state index in [-0.39, 0.29) is 17.5 Å². The lowest BCUT2D eigenvalue weighted by Crippen LogP contribution is -2.11. The van der Waals surface area contributed by atoms with Crippen molar-refractivity contribution in [1.29, 1.82) is 0 Å². The summed E-state index contributed by atoms with van der Waals surface area (Å²) in [5.74, 6) is -0.562. The maximum Gasteiger partial charge on any atom is 0.311 e. The van der Waals surface area contributed by atoms with E-state index in [9.17, 15) is 14.5 Å². The van der Waals surface area contributed by atoms with Gasteiger partial charge in [-0.2, -0.15) is 0 Å². The second-order valence-electron chi connectivity index (χ2n) is 3.21. The molecule has 0 bridgehead atoms. The van der Waals surface area contributed by atoms with Crippen molar-refractivity contribution in [2.45, 2.75) is 26.4 Å². The zero-order valence-electron chi connectivity index (χ0n) is 8.57. The summed E-state index contributed by atoms with van der Waals surface area (Å²) in [6, 6.07) is 3.18. The second kappa shape index (κ2) is 4.72. The molecule has 0 saturated heterocycles. The highest BCUT2D eigenvalue weighted by Crippen LogP contribution is 2.28. The summed E-state index contributed by atoms with van der Waals surface area (Å²) < 4.78 is 18.1. The van der Waals surface area contributed by atoms with Gasteiger partial charge < -0.3 is 4.74 Å². The van der Waals surface area contributed by atoms with Gasteiger partial charge >= 0.3 is 5.69 Å². The van der Waals surface area contributed by atoms with Crippen LogP contribution in [0.15, 0.2) is 18.2 Å². The van der Waals surface area contributed by atoms with Crippen LogP contribution in [0.4, 0.5) is 10.1 Å². The summed E-state index contributed by atoms with van der Waals surface area (Å²) in [5, 5.41) is 10.6. The van der Waals surface area contributed by atoms with E-state index in [1.807, 2.05) is 6.92 Å². The standard InChI is InChI=1S/C10H12FNO3/c1-3-7(2)15-10-6-8(11)4-5-9(10)12(13)14/h4-7H,3H2,1-2H3. The summed E-state index contributed by atoms with van der Waals surface area (Å²) in [5.41, 5.74) is -0.211. The summed E-state index contributed by atoms with van der Waals surface area (Å²) >= 11 is 0. The normalized spacial score (nSPS) is 12.2. The zero-order valence-corrected chi connectivity index (χ0v) is 8.57. The van der Waals surface area contributed by atoms with Crippen molar-refractivity contribution in [3.8, 4) is 5.75 Å². The largest absolute Gasteiger partial charge is 0.484 e. The van der Waals surface area contributed by atoms with E-state index < -0.39 is 10.7 Å². The molecular weight excluding hydrogens is 201 g/mol. The van der Waals surface area contributed by atoms with Gasteiger partial charge in [-0.05, 0) is 19.4 Å². The van der Waals surface area contributed by atoms with Gasteiger partial charge in [-0.15, -0.1) is 0 Å². The van der Waals surface area contributed by atoms with Crippen LogP contribution in [-0.2, 0) is 0 Å². The summed E-state index contributed by atoms with van der Waals surface area (Å²) in [7, 11) is 0. The summed E-state index contributed by atoms with van der Waals surface area (Å²) in [4.78, 5) is 10.0. The number of nitro benzene ring substituents is 1. The predicted molar refractivity (Wildman–Crippen MR) is 53.4 cm³/mol. The first kappa shape index (κ1) is 11.4. The van der Waals surface area contributed by atoms with Crippen molar-refractivity contribution >= 4 is 5.69 Å². The molecule has 0 aliphatic heterocycles. The average molecular weight is 213 g/mol. The maximum absolute atomic E-state index is 12.9. The molecule has 15 heavy (non-hydrogen) atoms. The first-order chi connectivity index (χ1) is 7.04. The van der Waals surface area contributed by atoms with Crippen LogP contribution in [-0.4, -0.2) is 11.0 Å². The third kappa shape index (κ3) is 2.90. The van der Waals surface area contributed by atoms with Gasteiger partial charge in [-0.1, -0.05) is 6.92 Å². The van der Waals surface area contributed by atoms with Gasteiger partial charge in [0.1, 0.15) is 5.82 Å². The van der Waals surface area contributed by atoms with Crippen LogP contribution in [0.3, 0.4) is 0 Å². The van der Waals surface area contributed by atoms with Gasteiger partial charge in [0, 0.05) is 12.1 Å². The van der Waals surface area contributed by atoms with Crippen LogP contribution >= 0.6 is 0 Å². The zero-order chi connectivity index (χ0) is 11.4. The smallest absolute Gasteiger partial charge is 0.311 e. The molecule has 0 spiro atoms. The minimum absolute atomic E-state index is 0.0191. The molecule has 0 aromatic heterocycles. The molecule has 1 aromatic carbocycles. The van der Waals surface area contributed by atoms with Crippen LogP contribution in [0.5, 0.6) is 5.75 Å². The van der Waals surface area contributed by atoms with Gasteiger partial charge in [-0.25, -0.2) is 4.39 Å². The molecule has 5 heteroatoms. The van der Waals surface area contributed by atoms with Gasteiger partial charge in [0.25, 0.3) is 0 Å². The number of nitro groups is 1. The molecule has 1 atom stereocenters. The van der Waals surface area contributed by atoms with E-state index in [1.54, 1.807) is 6.92 Å². The first-order valence-corrected chi connectivity index (χ1v) is 4.65. The van der Waals surface area contributed by atoms with Crippen LogP contribution in [0.2, 0.25) is 0 Å². The minimum atomic E-state index is -0.586. The van der Waals surface area contributed by atoms with Crippen molar-refractivity contribution in [2.75, 3.05) is 0 Å². The molecule has 1 aromatic rings. The Morgan fingerprint density at radius 2 is 2.27 bits per heavy atom. The van der Waals surface area contributed by atoms with Crippen molar-refractivity contribution in [3.05, 3.63) is 34.1 Å². The number of nitrogens with zero attached hydrogens (tertiary/aromatic N) is 1. The van der Waals surface area contributed by atoms with Crippen molar-refractivity contribution in [3.63, 3.8) is 0 Å². The molecule has 1 unspecified atom stereocenters. The molecule has 0 radical (unpaired) electrons. The number of benzene rings is 1. The Morgan fingerprint density at radius 1 is 1.60 bits per heavy atom. The molecule has 0 amide bonds. The molecule has 0 N–H and O–H groups in total. The molecule has 0 fully saturated rings. The van der Waals surface area contributed by atoms with Crippen molar-refractivity contribution < 1.29 is 14.1 Å². The lowest BCUT2D eigenvalue weighted by Gasteiger charge is -2.12. The number of rotatable bonds is 4. The Hall–Kier alpha value is -1.65. The number of hydrogen-bond acceptors (Lipinski definition) is 3. The Bertz CT molecular complexity index is 368. The highest BCUT2D eigenvalue weighted by Gasteiger charge is 2.17. The SMILES string of the molecule is CCC(C)Oc1cc(F)ccc1[N+](=O)[O-]. The molecule has 4 nitrogen and oxygen atoms in total. The van der Waals surface area contributed by atoms with Crippen LogP contribution in [0.25, 0.3) is 0 Å². The van der Waals surface area contributed by atoms with Crippen molar-refractivity contribution in [2.24, 2.45) is 0 Å². The fourth-order valence-electron chi connectivity index (χ4n) is 1.03. The lowest BCUT2D eigenvalue weighted by atomic mass is 10.2. The van der Waals surface area contributed by atoms with Gasteiger partial charge in [0.15, 0.2) is 5.75 Å². The van der Waals surface area contributed by atoms with Crippen molar-refractivity contribution in [1.82, 2.24) is 0 Å². The Balaban J connectivity index is 3.02. The monoisotopic (exact) mass is 213 g/mol. The molecule has 0 aliphatic carbocycles. The number of halogens is 1. The van der Waals surface area contributed by atoms with E-state index in [0.29, 0.717) is 6.42 Å². The quantitative estimate of drug-likeness (QED) is 0.570. The third-order valence-corrected chi connectivity index (χ3v) is 2.02. The highest BCUT2D eigenvalue weighted by atomic mass is 19.1. The van der Waals surface area contributed by atoms with E-state index in [1.165, 1.54) is 0 Å². The van der Waals surface area contributed by atoms with E-state index >= 15 is 0 Å². The Morgan fingerprint density at radius 3 is 2.80 bits per heavy atom. The first-order valence-electron chi connectivity index (χ1n) is 4.65. The molecule has 0 saturated carbocycles. The number of ether oxygens (including phenoxy) is 1. The highest BCUT2D eigenvalue weighted by molar-refractivity contribution is 5.46. The third-order valence-electron chi connectivity index (χ3n) is 2.02. The fourth-order valence-corrected chi connectivity index (χ4v) is 1.03. The van der Waals surface area contributed by atoms with Crippen LogP contribution in [0.1, 0.15) is 20.3 Å². The topological polar surface area (TPSA) is 52.4 Å². The predicted octanol–water partition coefficient (Wildman–Crippen LogP) is 2.91. The van der Waals surface area contributed by atoms with E-state index in [2.05, 4.69) is 0 Å². The van der Waals surface area contributed by atoms with E-state index in [0.717, 1.165) is 18.2 Å². The van der Waals surface area contributed by atoms with Gasteiger partial charge in [0.05, 0.1) is 11.0 Å². The van der Waals surface area contributed by atoms with Crippen LogP contribution in [0, 0.1) is 15.9 Å². The van der Waals surface area contributed by atoms with Gasteiger partial charge in [0.2, 0.25) is 0 Å². The fraction of sp³-hybridized carbons (Fsp3) is 0.400. The second-order valence-corrected chi connectivity index (χ2v) is 3.21. The Kier molecular flexibility index (Phi) is 3.60. The summed E-state index contributed by atoms with van der Waals surface area (Å²) in [6.45, 7) is 3.66. The maximum atomic E-state index is 12.9. The molecule has 82 valence electrons. The lowest BCUT2D eigenvalue weighted by molar-refractivity contribution is -0.386. The molecular formula is C10H12FNO3. The van der Waals surface area contributed by atoms with E-state index in [4.69, 9.17) is 4.74 Å². The molecule has 0 aliphatic rings. The summed E-state index contributed by atoms with van der Waals surface area (Å²) in [6.07, 6.45) is 0.527. The average Bonchev–Trinajstić information content (AvgIpc) is 2.17. The van der Waals surface area contributed by atoms with Gasteiger partial charge in [-0.3, -0.25) is 10.1 Å². The Labute approximate surface area is 86.8 Å². The number of hydrogen-bond donors (Lipinski definition) is 0. The molecule has 0 heterocycles.